The van der Waals surface area contributed by atoms with Gasteiger partial charge in [-0.05, 0) is 80.4 Å². The van der Waals surface area contributed by atoms with E-state index in [2.05, 4.69) is 10.6 Å². The van der Waals surface area contributed by atoms with Crippen molar-refractivity contribution < 1.29 is 19.1 Å². The second kappa shape index (κ2) is 12.8. The minimum Gasteiger partial charge on any atom is -0.494 e. The number of hydrogen-bond donors (Lipinski definition) is 2. The highest BCUT2D eigenvalue weighted by Crippen LogP contribution is 2.35. The number of aryl methyl sites for hydroxylation is 2. The van der Waals surface area contributed by atoms with Crippen LogP contribution in [0.25, 0.3) is 6.08 Å². The van der Waals surface area contributed by atoms with Crippen LogP contribution < -0.4 is 20.1 Å². The molecule has 3 aromatic carbocycles. The number of anilines is 2. The van der Waals surface area contributed by atoms with Crippen molar-refractivity contribution >= 4 is 52.5 Å². The number of carbonyl (C=O) groups is 2. The van der Waals surface area contributed by atoms with Crippen molar-refractivity contribution in [2.45, 2.75) is 20.8 Å². The van der Waals surface area contributed by atoms with Gasteiger partial charge in [-0.1, -0.05) is 40.9 Å². The normalized spacial score (nSPS) is 10.9. The molecule has 0 unspecified atom stereocenters. The average molecular weight is 538 g/mol. The average Bonchev–Trinajstić information content (AvgIpc) is 2.85. The van der Waals surface area contributed by atoms with Gasteiger partial charge in [-0.3, -0.25) is 9.59 Å². The molecule has 0 aliphatic rings. The van der Waals surface area contributed by atoms with Gasteiger partial charge < -0.3 is 20.1 Å². The smallest absolute Gasteiger partial charge is 0.266 e. The summed E-state index contributed by atoms with van der Waals surface area (Å²) in [7, 11) is 0. The predicted octanol–water partition coefficient (Wildman–Crippen LogP) is 6.57. The SMILES string of the molecule is CCOc1ccc(NC(=O)/C(C#N)=C/c2cc(Cl)c(OCC(=O)Nc3ccc(C)cc3C)c(Cl)c2)cc1. The van der Waals surface area contributed by atoms with Crippen molar-refractivity contribution in [1.29, 1.82) is 5.26 Å². The first-order chi connectivity index (χ1) is 17.7. The van der Waals surface area contributed by atoms with Crippen LogP contribution >= 0.6 is 23.2 Å². The zero-order chi connectivity index (χ0) is 26.9. The number of ether oxygens (including phenoxy) is 2. The summed E-state index contributed by atoms with van der Waals surface area (Å²) in [6, 6.07) is 17.3. The highest BCUT2D eigenvalue weighted by molar-refractivity contribution is 6.37. The van der Waals surface area contributed by atoms with Gasteiger partial charge in [0.1, 0.15) is 17.4 Å². The minimum absolute atomic E-state index is 0.119. The maximum atomic E-state index is 12.6. The Morgan fingerprint density at radius 1 is 0.973 bits per heavy atom. The quantitative estimate of drug-likeness (QED) is 0.237. The third kappa shape index (κ3) is 7.74. The van der Waals surface area contributed by atoms with Gasteiger partial charge in [0, 0.05) is 11.4 Å². The molecule has 0 atom stereocenters. The molecule has 0 aliphatic heterocycles. The largest absolute Gasteiger partial charge is 0.494 e. The molecule has 0 aliphatic carbocycles. The van der Waals surface area contributed by atoms with E-state index in [4.69, 9.17) is 32.7 Å². The number of carbonyl (C=O) groups excluding carboxylic acids is 2. The van der Waals surface area contributed by atoms with Crippen molar-refractivity contribution in [3.05, 3.63) is 86.9 Å². The lowest BCUT2D eigenvalue weighted by molar-refractivity contribution is -0.118. The predicted molar refractivity (Wildman–Crippen MR) is 146 cm³/mol. The fourth-order valence-electron chi connectivity index (χ4n) is 3.39. The number of halogens is 2. The standard InChI is InChI=1S/C28H25Cl2N3O4/c1-4-36-22-8-6-21(7-9-22)32-28(35)20(15-31)12-19-13-23(29)27(24(30)14-19)37-16-26(34)33-25-10-5-17(2)11-18(25)3/h5-14H,4,16H2,1-3H3,(H,32,35)(H,33,34)/b20-12+. The van der Waals surface area contributed by atoms with E-state index in [0.29, 0.717) is 29.3 Å². The van der Waals surface area contributed by atoms with E-state index in [1.54, 1.807) is 24.3 Å². The Bertz CT molecular complexity index is 1360. The summed E-state index contributed by atoms with van der Waals surface area (Å²) in [6.07, 6.45) is 1.36. The van der Waals surface area contributed by atoms with Crippen molar-refractivity contribution in [2.24, 2.45) is 0 Å². The number of nitrogens with one attached hydrogen (secondary N) is 2. The van der Waals surface area contributed by atoms with Crippen LogP contribution in [0.4, 0.5) is 11.4 Å². The van der Waals surface area contributed by atoms with Crippen LogP contribution in [0.15, 0.2) is 60.2 Å². The van der Waals surface area contributed by atoms with Gasteiger partial charge in [0.2, 0.25) is 0 Å². The number of hydrogen-bond acceptors (Lipinski definition) is 5. The monoisotopic (exact) mass is 537 g/mol. The Hall–Kier alpha value is -3.99. The molecule has 0 saturated heterocycles. The minimum atomic E-state index is -0.595. The molecule has 190 valence electrons. The van der Waals surface area contributed by atoms with Crippen molar-refractivity contribution in [3.8, 4) is 17.6 Å². The summed E-state index contributed by atoms with van der Waals surface area (Å²) in [5.41, 5.74) is 3.48. The van der Waals surface area contributed by atoms with Crippen LogP contribution in [0, 0.1) is 25.2 Å². The molecule has 0 radical (unpaired) electrons. The summed E-state index contributed by atoms with van der Waals surface area (Å²) in [5.74, 6) is -0.178. The Kier molecular flexibility index (Phi) is 9.56. The first-order valence-corrected chi connectivity index (χ1v) is 12.1. The van der Waals surface area contributed by atoms with Gasteiger partial charge in [-0.2, -0.15) is 5.26 Å². The zero-order valence-electron chi connectivity index (χ0n) is 20.5. The maximum absolute atomic E-state index is 12.6. The van der Waals surface area contributed by atoms with Crippen molar-refractivity contribution in [1.82, 2.24) is 0 Å². The van der Waals surface area contributed by atoms with Crippen LogP contribution in [0.3, 0.4) is 0 Å². The van der Waals surface area contributed by atoms with E-state index in [0.717, 1.165) is 11.1 Å². The van der Waals surface area contributed by atoms with Crippen LogP contribution in [0.1, 0.15) is 23.6 Å². The molecule has 7 nitrogen and oxygen atoms in total. The number of benzene rings is 3. The highest BCUT2D eigenvalue weighted by Gasteiger charge is 2.15. The Labute approximate surface area is 225 Å². The molecular weight excluding hydrogens is 513 g/mol. The van der Waals surface area contributed by atoms with Gasteiger partial charge in [0.25, 0.3) is 11.8 Å². The summed E-state index contributed by atoms with van der Waals surface area (Å²) in [6.45, 7) is 5.97. The summed E-state index contributed by atoms with van der Waals surface area (Å²) in [4.78, 5) is 25.0. The van der Waals surface area contributed by atoms with Gasteiger partial charge in [0.15, 0.2) is 12.4 Å². The molecule has 2 amide bonds. The lowest BCUT2D eigenvalue weighted by Gasteiger charge is -2.12. The van der Waals surface area contributed by atoms with Crippen LogP contribution in [0.5, 0.6) is 11.5 Å². The molecule has 0 spiro atoms. The Balaban J connectivity index is 1.67. The summed E-state index contributed by atoms with van der Waals surface area (Å²) < 4.78 is 10.9. The van der Waals surface area contributed by atoms with E-state index >= 15 is 0 Å². The van der Waals surface area contributed by atoms with Crippen molar-refractivity contribution in [2.75, 3.05) is 23.8 Å². The molecular formula is C28H25Cl2N3O4. The van der Waals surface area contributed by atoms with Crippen LogP contribution in [-0.4, -0.2) is 25.0 Å². The van der Waals surface area contributed by atoms with E-state index < -0.39 is 5.91 Å². The first-order valence-electron chi connectivity index (χ1n) is 11.3. The second-order valence-electron chi connectivity index (χ2n) is 8.05. The van der Waals surface area contributed by atoms with Gasteiger partial charge in [0.05, 0.1) is 16.7 Å². The molecule has 0 heterocycles. The van der Waals surface area contributed by atoms with Crippen LogP contribution in [0.2, 0.25) is 10.0 Å². The number of nitriles is 1. The molecule has 0 bridgehead atoms. The maximum Gasteiger partial charge on any atom is 0.266 e. The van der Waals surface area contributed by atoms with E-state index in [1.165, 1.54) is 18.2 Å². The van der Waals surface area contributed by atoms with Gasteiger partial charge >= 0.3 is 0 Å². The number of amides is 2. The Morgan fingerprint density at radius 3 is 2.24 bits per heavy atom. The third-order valence-corrected chi connectivity index (χ3v) is 5.68. The van der Waals surface area contributed by atoms with E-state index in [-0.39, 0.29) is 33.9 Å². The molecule has 3 aromatic rings. The van der Waals surface area contributed by atoms with Gasteiger partial charge in [-0.25, -0.2) is 0 Å². The highest BCUT2D eigenvalue weighted by atomic mass is 35.5. The second-order valence-corrected chi connectivity index (χ2v) is 8.86. The van der Waals surface area contributed by atoms with Crippen molar-refractivity contribution in [3.63, 3.8) is 0 Å². The van der Waals surface area contributed by atoms with E-state index in [9.17, 15) is 14.9 Å². The fraction of sp³-hybridized carbons (Fsp3) is 0.179. The summed E-state index contributed by atoms with van der Waals surface area (Å²) in [5, 5.41) is 15.2. The first kappa shape index (κ1) is 27.6. The summed E-state index contributed by atoms with van der Waals surface area (Å²) >= 11 is 12.7. The fourth-order valence-corrected chi connectivity index (χ4v) is 4.01. The molecule has 0 fully saturated rings. The number of nitrogens with zero attached hydrogens (tertiary/aromatic N) is 1. The Morgan fingerprint density at radius 2 is 1.65 bits per heavy atom. The number of rotatable bonds is 9. The molecule has 37 heavy (non-hydrogen) atoms. The molecule has 0 aromatic heterocycles. The van der Waals surface area contributed by atoms with E-state index in [1.807, 2.05) is 45.0 Å². The topological polar surface area (TPSA) is 100 Å². The van der Waals surface area contributed by atoms with Crippen LogP contribution in [-0.2, 0) is 9.59 Å². The molecule has 2 N–H and O–H groups in total. The lowest BCUT2D eigenvalue weighted by Crippen LogP contribution is -2.20. The zero-order valence-corrected chi connectivity index (χ0v) is 22.0. The third-order valence-electron chi connectivity index (χ3n) is 5.12. The molecule has 9 heteroatoms. The lowest BCUT2D eigenvalue weighted by atomic mass is 10.1. The molecule has 3 rings (SSSR count). The van der Waals surface area contributed by atoms with Gasteiger partial charge in [-0.15, -0.1) is 0 Å². The molecule has 0 saturated carbocycles.